The molecule has 0 spiro atoms. The third-order valence-corrected chi connectivity index (χ3v) is 4.43. The molecule has 0 aromatic rings. The molecule has 1 fully saturated rings. The largest absolute Gasteiger partial charge is 0.454 e. The quantitative estimate of drug-likeness (QED) is 0.113. The summed E-state index contributed by atoms with van der Waals surface area (Å²) in [5.41, 5.74) is 32.9. The molecule has 1 saturated heterocycles. The van der Waals surface area contributed by atoms with E-state index in [0.717, 1.165) is 0 Å². The second kappa shape index (κ2) is 12.8. The standard InChI is InChI=1S/C16H32N6O9/c1-27-16-12(31-15(26)8(22)4-19)11(30-14(25)7(21)3-18)10(9(5-23)28-16)29-13(24)6(20)2-17/h6-12,16,23H,2-5,17-22H2,1H3/t6-,7-,8-,9+,10-,11-,12+,16-/m0/s1. The highest BCUT2D eigenvalue weighted by molar-refractivity contribution is 5.78. The zero-order valence-electron chi connectivity index (χ0n) is 17.1. The summed E-state index contributed by atoms with van der Waals surface area (Å²) in [6.07, 6.45) is -7.05. The van der Waals surface area contributed by atoms with E-state index in [1.807, 2.05) is 0 Å². The highest BCUT2D eigenvalue weighted by Crippen LogP contribution is 2.29. The average Bonchev–Trinajstić information content (AvgIpc) is 2.78. The number of esters is 3. The Balaban J connectivity index is 3.33. The Morgan fingerprint density at radius 2 is 1.19 bits per heavy atom. The topological polar surface area (TPSA) is 274 Å². The molecule has 0 bridgehead atoms. The number of methoxy groups -OCH3 is 1. The number of hydrogen-bond acceptors (Lipinski definition) is 15. The van der Waals surface area contributed by atoms with Crippen LogP contribution in [-0.4, -0.2) is 105 Å². The van der Waals surface area contributed by atoms with Crippen molar-refractivity contribution in [1.82, 2.24) is 0 Å². The average molecular weight is 452 g/mol. The third-order valence-electron chi connectivity index (χ3n) is 4.43. The molecule has 15 nitrogen and oxygen atoms in total. The van der Waals surface area contributed by atoms with Crippen molar-refractivity contribution in [2.75, 3.05) is 33.4 Å². The highest BCUT2D eigenvalue weighted by atomic mass is 16.7. The SMILES string of the molecule is CO[C@H]1O[C@H](CO)[C@H](OC(=O)[C@@H](N)CN)[C@H](OC(=O)[C@@H](N)CN)[C@H]1OC(=O)[C@@H](N)CN. The number of carbonyl (C=O) groups is 3. The van der Waals surface area contributed by atoms with Gasteiger partial charge in [-0.25, -0.2) is 0 Å². The monoisotopic (exact) mass is 452 g/mol. The number of aliphatic hydroxyl groups excluding tert-OH is 1. The number of nitrogens with two attached hydrogens (primary N) is 6. The van der Waals surface area contributed by atoms with Gasteiger partial charge >= 0.3 is 17.9 Å². The highest BCUT2D eigenvalue weighted by Gasteiger charge is 2.53. The molecular weight excluding hydrogens is 420 g/mol. The van der Waals surface area contributed by atoms with E-state index < -0.39 is 73.3 Å². The van der Waals surface area contributed by atoms with E-state index >= 15 is 0 Å². The number of carbonyl (C=O) groups excluding carboxylic acids is 3. The van der Waals surface area contributed by atoms with Gasteiger partial charge in [-0.3, -0.25) is 14.4 Å². The van der Waals surface area contributed by atoms with Gasteiger partial charge in [0.1, 0.15) is 24.2 Å². The lowest BCUT2D eigenvalue weighted by molar-refractivity contribution is -0.303. The van der Waals surface area contributed by atoms with E-state index in [4.69, 9.17) is 58.1 Å². The van der Waals surface area contributed by atoms with Crippen molar-refractivity contribution in [2.45, 2.75) is 48.8 Å². The number of ether oxygens (including phenoxy) is 5. The summed E-state index contributed by atoms with van der Waals surface area (Å²) >= 11 is 0. The zero-order chi connectivity index (χ0) is 23.7. The molecule has 0 amide bonds. The minimum atomic E-state index is -1.52. The maximum atomic E-state index is 12.3. The molecule has 0 unspecified atom stereocenters. The first-order valence-corrected chi connectivity index (χ1v) is 9.42. The predicted octanol–water partition coefficient (Wildman–Crippen LogP) is -6.06. The molecule has 0 radical (unpaired) electrons. The van der Waals surface area contributed by atoms with E-state index in [1.54, 1.807) is 0 Å². The minimum Gasteiger partial charge on any atom is -0.454 e. The maximum absolute atomic E-state index is 12.3. The molecule has 1 aliphatic heterocycles. The van der Waals surface area contributed by atoms with Gasteiger partial charge in [-0.15, -0.1) is 0 Å². The number of rotatable bonds is 11. The predicted molar refractivity (Wildman–Crippen MR) is 103 cm³/mol. The van der Waals surface area contributed by atoms with Crippen LogP contribution in [-0.2, 0) is 38.1 Å². The summed E-state index contributed by atoms with van der Waals surface area (Å²) in [5, 5.41) is 9.73. The van der Waals surface area contributed by atoms with Crippen LogP contribution in [0.15, 0.2) is 0 Å². The first-order chi connectivity index (χ1) is 14.6. The van der Waals surface area contributed by atoms with Crippen LogP contribution in [0.2, 0.25) is 0 Å². The van der Waals surface area contributed by atoms with Crippen LogP contribution in [0.3, 0.4) is 0 Å². The van der Waals surface area contributed by atoms with E-state index in [9.17, 15) is 19.5 Å². The molecule has 1 rings (SSSR count). The Morgan fingerprint density at radius 3 is 1.55 bits per heavy atom. The van der Waals surface area contributed by atoms with Crippen molar-refractivity contribution in [1.29, 1.82) is 0 Å². The van der Waals surface area contributed by atoms with Crippen molar-refractivity contribution >= 4 is 17.9 Å². The van der Waals surface area contributed by atoms with E-state index in [2.05, 4.69) is 0 Å². The van der Waals surface area contributed by atoms with Crippen LogP contribution in [0.25, 0.3) is 0 Å². The Kier molecular flexibility index (Phi) is 11.2. The molecular formula is C16H32N6O9. The summed E-state index contributed by atoms with van der Waals surface area (Å²) in [5.74, 6) is -2.93. The van der Waals surface area contributed by atoms with Gasteiger partial charge in [0.25, 0.3) is 0 Å². The lowest BCUT2D eigenvalue weighted by Crippen LogP contribution is -2.64. The molecule has 31 heavy (non-hydrogen) atoms. The molecule has 1 aliphatic rings. The van der Waals surface area contributed by atoms with Crippen molar-refractivity contribution in [2.24, 2.45) is 34.4 Å². The second-order valence-electron chi connectivity index (χ2n) is 6.69. The van der Waals surface area contributed by atoms with Crippen molar-refractivity contribution in [3.8, 4) is 0 Å². The lowest BCUT2D eigenvalue weighted by Gasteiger charge is -2.44. The smallest absolute Gasteiger partial charge is 0.324 e. The van der Waals surface area contributed by atoms with Gasteiger partial charge in [0.15, 0.2) is 24.6 Å². The molecule has 15 heteroatoms. The summed E-state index contributed by atoms with van der Waals surface area (Å²) < 4.78 is 26.6. The fourth-order valence-electron chi connectivity index (χ4n) is 2.57. The molecule has 1 heterocycles. The Bertz CT molecular complexity index is 574. The minimum absolute atomic E-state index is 0.240. The fourth-order valence-corrected chi connectivity index (χ4v) is 2.57. The fraction of sp³-hybridized carbons (Fsp3) is 0.812. The molecule has 13 N–H and O–H groups in total. The van der Waals surface area contributed by atoms with E-state index in [1.165, 1.54) is 7.11 Å². The van der Waals surface area contributed by atoms with E-state index in [0.29, 0.717) is 0 Å². The molecule has 0 aliphatic carbocycles. The van der Waals surface area contributed by atoms with Crippen molar-refractivity contribution in [3.63, 3.8) is 0 Å². The third kappa shape index (κ3) is 7.03. The van der Waals surface area contributed by atoms with Crippen LogP contribution < -0.4 is 34.4 Å². The van der Waals surface area contributed by atoms with Crippen molar-refractivity contribution < 1.29 is 43.2 Å². The Morgan fingerprint density at radius 1 is 0.806 bits per heavy atom. The van der Waals surface area contributed by atoms with Gasteiger partial charge in [-0.05, 0) is 0 Å². The second-order valence-corrected chi connectivity index (χ2v) is 6.69. The van der Waals surface area contributed by atoms with Crippen LogP contribution in [0.5, 0.6) is 0 Å². The van der Waals surface area contributed by atoms with Crippen LogP contribution >= 0.6 is 0 Å². The van der Waals surface area contributed by atoms with Gasteiger partial charge in [-0.2, -0.15) is 0 Å². The molecule has 0 aromatic heterocycles. The van der Waals surface area contributed by atoms with Gasteiger partial charge in [0, 0.05) is 26.7 Å². The summed E-state index contributed by atoms with van der Waals surface area (Å²) in [4.78, 5) is 36.8. The Labute approximate surface area is 178 Å². The number of aliphatic hydroxyl groups is 1. The first kappa shape index (κ1) is 27.1. The summed E-state index contributed by atoms with van der Waals surface area (Å²) in [6, 6.07) is -3.65. The normalized spacial score (nSPS) is 28.8. The van der Waals surface area contributed by atoms with Crippen LogP contribution in [0.1, 0.15) is 0 Å². The van der Waals surface area contributed by atoms with Crippen LogP contribution in [0.4, 0.5) is 0 Å². The van der Waals surface area contributed by atoms with Crippen LogP contribution in [0, 0.1) is 0 Å². The van der Waals surface area contributed by atoms with Gasteiger partial charge in [-0.1, -0.05) is 0 Å². The molecule has 180 valence electrons. The zero-order valence-corrected chi connectivity index (χ0v) is 17.1. The Hall–Kier alpha value is -1.95. The summed E-state index contributed by atoms with van der Waals surface area (Å²) in [6.45, 7) is -1.43. The molecule has 0 saturated carbocycles. The van der Waals surface area contributed by atoms with Gasteiger partial charge in [0.05, 0.1) is 6.61 Å². The molecule has 0 aromatic carbocycles. The van der Waals surface area contributed by atoms with E-state index in [-0.39, 0.29) is 19.6 Å². The van der Waals surface area contributed by atoms with Crippen molar-refractivity contribution in [3.05, 3.63) is 0 Å². The molecule has 8 atom stereocenters. The summed E-state index contributed by atoms with van der Waals surface area (Å²) in [7, 11) is 1.21. The van der Waals surface area contributed by atoms with Gasteiger partial charge < -0.3 is 63.2 Å². The lowest BCUT2D eigenvalue weighted by atomic mass is 9.98. The number of hydrogen-bond donors (Lipinski definition) is 7. The van der Waals surface area contributed by atoms with Gasteiger partial charge in [0.2, 0.25) is 0 Å². The maximum Gasteiger partial charge on any atom is 0.324 e. The first-order valence-electron chi connectivity index (χ1n) is 9.42.